The van der Waals surface area contributed by atoms with Gasteiger partial charge in [-0.25, -0.2) is 4.79 Å². The minimum Gasteiger partial charge on any atom is -0.458 e. The number of likely N-dealkylation sites (tertiary alicyclic amines) is 1. The van der Waals surface area contributed by atoms with Crippen molar-refractivity contribution in [1.82, 2.24) is 4.90 Å². The Morgan fingerprint density at radius 1 is 1.29 bits per heavy atom. The summed E-state index contributed by atoms with van der Waals surface area (Å²) in [5.74, 6) is -0.225. The minimum absolute atomic E-state index is 0.0409. The number of rotatable bonds is 4. The highest BCUT2D eigenvalue weighted by molar-refractivity contribution is 5.89. The Kier molecular flexibility index (Phi) is 4.15. The molecule has 1 aliphatic rings. The van der Waals surface area contributed by atoms with Gasteiger partial charge in [0.15, 0.2) is 0 Å². The van der Waals surface area contributed by atoms with Gasteiger partial charge in [0.2, 0.25) is 0 Å². The Labute approximate surface area is 102 Å². The van der Waals surface area contributed by atoms with Crippen LogP contribution in [0.15, 0.2) is 30.3 Å². The molecule has 0 radical (unpaired) electrons. The van der Waals surface area contributed by atoms with Gasteiger partial charge in [0, 0.05) is 6.54 Å². The molecule has 1 aliphatic heterocycles. The fourth-order valence-corrected chi connectivity index (χ4v) is 2.19. The van der Waals surface area contributed by atoms with E-state index in [4.69, 9.17) is 4.74 Å². The molecule has 0 N–H and O–H groups in total. The van der Waals surface area contributed by atoms with Crippen LogP contribution in [0, 0.1) is 0 Å². The second-order valence-corrected chi connectivity index (χ2v) is 4.59. The van der Waals surface area contributed by atoms with Crippen molar-refractivity contribution in [3.63, 3.8) is 0 Å². The highest BCUT2D eigenvalue weighted by atomic mass is 16.5. The van der Waals surface area contributed by atoms with E-state index in [0.717, 1.165) is 19.6 Å². The van der Waals surface area contributed by atoms with Gasteiger partial charge in [0.1, 0.15) is 6.10 Å². The minimum atomic E-state index is -0.225. The lowest BCUT2D eigenvalue weighted by Gasteiger charge is -2.20. The number of nitrogens with zero attached hydrogens (tertiary/aromatic N) is 1. The van der Waals surface area contributed by atoms with Crippen LogP contribution in [0.2, 0.25) is 0 Å². The van der Waals surface area contributed by atoms with Gasteiger partial charge in [-0.2, -0.15) is 0 Å². The van der Waals surface area contributed by atoms with Crippen molar-refractivity contribution in [3.8, 4) is 0 Å². The van der Waals surface area contributed by atoms with Crippen molar-refractivity contribution >= 4 is 5.97 Å². The number of carbonyl (C=O) groups excluding carboxylic acids is 1. The molecule has 0 spiro atoms. The summed E-state index contributed by atoms with van der Waals surface area (Å²) in [6.07, 6.45) is 2.49. The van der Waals surface area contributed by atoms with Crippen LogP contribution < -0.4 is 0 Å². The fraction of sp³-hybridized carbons (Fsp3) is 0.500. The SMILES string of the molecule is CC(CN1CCCC1)OC(=O)c1ccccc1. The highest BCUT2D eigenvalue weighted by Gasteiger charge is 2.17. The van der Waals surface area contributed by atoms with E-state index >= 15 is 0 Å². The molecule has 0 aliphatic carbocycles. The largest absolute Gasteiger partial charge is 0.458 e. The topological polar surface area (TPSA) is 29.5 Å². The molecule has 2 rings (SSSR count). The van der Waals surface area contributed by atoms with E-state index in [9.17, 15) is 4.79 Å². The number of benzene rings is 1. The van der Waals surface area contributed by atoms with Gasteiger partial charge in [-0.15, -0.1) is 0 Å². The van der Waals surface area contributed by atoms with Crippen LogP contribution in [-0.2, 0) is 4.74 Å². The second kappa shape index (κ2) is 5.82. The molecule has 0 aromatic heterocycles. The maximum absolute atomic E-state index is 11.8. The van der Waals surface area contributed by atoms with Crippen LogP contribution in [0.4, 0.5) is 0 Å². The van der Waals surface area contributed by atoms with Crippen LogP contribution in [0.1, 0.15) is 30.1 Å². The zero-order valence-electron chi connectivity index (χ0n) is 10.3. The van der Waals surface area contributed by atoms with Crippen LogP contribution in [0.25, 0.3) is 0 Å². The lowest BCUT2D eigenvalue weighted by molar-refractivity contribution is 0.0271. The zero-order valence-corrected chi connectivity index (χ0v) is 10.3. The summed E-state index contributed by atoms with van der Waals surface area (Å²) in [5, 5.41) is 0. The number of ether oxygens (including phenoxy) is 1. The van der Waals surface area contributed by atoms with Crippen molar-refractivity contribution in [2.24, 2.45) is 0 Å². The monoisotopic (exact) mass is 233 g/mol. The summed E-state index contributed by atoms with van der Waals surface area (Å²) in [7, 11) is 0. The highest BCUT2D eigenvalue weighted by Crippen LogP contribution is 2.10. The number of carbonyl (C=O) groups is 1. The van der Waals surface area contributed by atoms with Gasteiger partial charge >= 0.3 is 5.97 Å². The lowest BCUT2D eigenvalue weighted by atomic mass is 10.2. The molecule has 1 fully saturated rings. The Balaban J connectivity index is 1.81. The first-order valence-electron chi connectivity index (χ1n) is 6.24. The van der Waals surface area contributed by atoms with Gasteiger partial charge in [0.05, 0.1) is 5.56 Å². The van der Waals surface area contributed by atoms with E-state index in [1.165, 1.54) is 12.8 Å². The number of hydrogen-bond acceptors (Lipinski definition) is 3. The van der Waals surface area contributed by atoms with Gasteiger partial charge in [-0.3, -0.25) is 4.90 Å². The molecule has 0 amide bonds. The molecule has 1 atom stereocenters. The first kappa shape index (κ1) is 12.1. The second-order valence-electron chi connectivity index (χ2n) is 4.59. The summed E-state index contributed by atoms with van der Waals surface area (Å²) in [6.45, 7) is 5.07. The molecule has 3 heteroatoms. The van der Waals surface area contributed by atoms with Crippen LogP contribution >= 0.6 is 0 Å². The van der Waals surface area contributed by atoms with E-state index in [-0.39, 0.29) is 12.1 Å². The Hall–Kier alpha value is -1.35. The van der Waals surface area contributed by atoms with Crippen molar-refractivity contribution < 1.29 is 9.53 Å². The molecule has 1 aromatic rings. The van der Waals surface area contributed by atoms with Gasteiger partial charge < -0.3 is 4.74 Å². The molecular formula is C14H19NO2. The first-order valence-corrected chi connectivity index (χ1v) is 6.24. The normalized spacial score (nSPS) is 17.9. The van der Waals surface area contributed by atoms with E-state index in [1.54, 1.807) is 12.1 Å². The molecule has 1 aromatic carbocycles. The maximum atomic E-state index is 11.8. The lowest BCUT2D eigenvalue weighted by Crippen LogP contribution is -2.31. The molecule has 3 nitrogen and oxygen atoms in total. The van der Waals surface area contributed by atoms with Crippen molar-refractivity contribution in [2.45, 2.75) is 25.9 Å². The quantitative estimate of drug-likeness (QED) is 0.747. The van der Waals surface area contributed by atoms with Crippen molar-refractivity contribution in [3.05, 3.63) is 35.9 Å². The third-order valence-corrected chi connectivity index (χ3v) is 3.03. The molecule has 17 heavy (non-hydrogen) atoms. The van der Waals surface area contributed by atoms with E-state index in [2.05, 4.69) is 4.90 Å². The molecule has 1 saturated heterocycles. The smallest absolute Gasteiger partial charge is 0.338 e. The first-order chi connectivity index (χ1) is 8.25. The standard InChI is InChI=1S/C14H19NO2/c1-12(11-15-9-5-6-10-15)17-14(16)13-7-3-2-4-8-13/h2-4,7-8,12H,5-6,9-11H2,1H3. The summed E-state index contributed by atoms with van der Waals surface area (Å²) in [4.78, 5) is 14.1. The third kappa shape index (κ3) is 3.56. The predicted molar refractivity (Wildman–Crippen MR) is 67.0 cm³/mol. The Morgan fingerprint density at radius 3 is 2.59 bits per heavy atom. The summed E-state index contributed by atoms with van der Waals surface area (Å²) >= 11 is 0. The van der Waals surface area contributed by atoms with Gasteiger partial charge in [-0.1, -0.05) is 18.2 Å². The third-order valence-electron chi connectivity index (χ3n) is 3.03. The fourth-order valence-electron chi connectivity index (χ4n) is 2.19. The molecule has 1 heterocycles. The van der Waals surface area contributed by atoms with E-state index < -0.39 is 0 Å². The molecule has 92 valence electrons. The summed E-state index contributed by atoms with van der Waals surface area (Å²) in [6, 6.07) is 9.16. The van der Waals surface area contributed by atoms with Gasteiger partial charge in [0.25, 0.3) is 0 Å². The molecular weight excluding hydrogens is 214 g/mol. The molecule has 0 bridgehead atoms. The average molecular weight is 233 g/mol. The average Bonchev–Trinajstić information content (AvgIpc) is 2.82. The summed E-state index contributed by atoms with van der Waals surface area (Å²) in [5.41, 5.74) is 0.626. The van der Waals surface area contributed by atoms with Crippen LogP contribution in [0.3, 0.4) is 0 Å². The van der Waals surface area contributed by atoms with Crippen molar-refractivity contribution in [2.75, 3.05) is 19.6 Å². The maximum Gasteiger partial charge on any atom is 0.338 e. The Morgan fingerprint density at radius 2 is 1.94 bits per heavy atom. The molecule has 1 unspecified atom stereocenters. The van der Waals surface area contributed by atoms with Crippen LogP contribution in [-0.4, -0.2) is 36.6 Å². The van der Waals surface area contributed by atoms with E-state index in [1.807, 2.05) is 25.1 Å². The van der Waals surface area contributed by atoms with Crippen LogP contribution in [0.5, 0.6) is 0 Å². The predicted octanol–water partition coefficient (Wildman–Crippen LogP) is 2.33. The Bertz CT molecular complexity index is 358. The van der Waals surface area contributed by atoms with Gasteiger partial charge in [-0.05, 0) is 45.0 Å². The molecule has 0 saturated carbocycles. The summed E-state index contributed by atoms with van der Waals surface area (Å²) < 4.78 is 5.42. The zero-order chi connectivity index (χ0) is 12.1. The number of hydrogen-bond donors (Lipinski definition) is 0. The van der Waals surface area contributed by atoms with Crippen molar-refractivity contribution in [1.29, 1.82) is 0 Å². The number of esters is 1. The van der Waals surface area contributed by atoms with E-state index in [0.29, 0.717) is 5.56 Å².